The van der Waals surface area contributed by atoms with E-state index in [2.05, 4.69) is 39.8 Å². The number of aromatic nitrogens is 1. The van der Waals surface area contributed by atoms with Gasteiger partial charge in [-0.15, -0.1) is 0 Å². The first-order chi connectivity index (χ1) is 14.7. The summed E-state index contributed by atoms with van der Waals surface area (Å²) in [5, 5.41) is 21.7. The van der Waals surface area contributed by atoms with Gasteiger partial charge >= 0.3 is 0 Å². The molecule has 0 amide bonds. The highest BCUT2D eigenvalue weighted by Gasteiger charge is 2.18. The second-order valence-electron chi connectivity index (χ2n) is 6.86. The Balaban J connectivity index is 1.67. The summed E-state index contributed by atoms with van der Waals surface area (Å²) in [6, 6.07) is 14.1. The molecule has 2 aromatic carbocycles. The molecule has 0 spiro atoms. The number of hydrogen-bond acceptors (Lipinski definition) is 5. The lowest BCUT2D eigenvalue weighted by Crippen LogP contribution is -2.39. The number of hydrogen-bond donors (Lipinski definition) is 1. The minimum Gasteiger partial charge on any atom is -0.850 e. The third-order valence-electron chi connectivity index (χ3n) is 5.07. The van der Waals surface area contributed by atoms with Crippen molar-refractivity contribution in [1.82, 2.24) is 0 Å². The average Bonchev–Trinajstić information content (AvgIpc) is 3.12. The van der Waals surface area contributed by atoms with E-state index in [4.69, 9.17) is 4.74 Å². The quantitative estimate of drug-likeness (QED) is 0.597. The van der Waals surface area contributed by atoms with Crippen LogP contribution in [0.2, 0.25) is 0 Å². The van der Waals surface area contributed by atoms with Gasteiger partial charge < -0.3 is 19.8 Å². The van der Waals surface area contributed by atoms with Crippen LogP contribution in [0.5, 0.6) is 5.75 Å². The zero-order valence-electron chi connectivity index (χ0n) is 16.8. The molecular weight excluding hydrogens is 396 g/mol. The predicted molar refractivity (Wildman–Crippen MR) is 120 cm³/mol. The SMILES string of the molecule is COc1ccc2c(c1)sc(/C=C/C=C1\C=CN(CCO)c3ccccc31)[n+]2CC[O-]. The average molecular weight is 421 g/mol. The normalized spacial score (nSPS) is 14.8. The lowest BCUT2D eigenvalue weighted by atomic mass is 9.99. The first-order valence-corrected chi connectivity index (χ1v) is 10.7. The van der Waals surface area contributed by atoms with E-state index in [0.29, 0.717) is 13.1 Å². The number of aliphatic hydroxyl groups excluding tert-OH is 1. The molecule has 0 saturated heterocycles. The smallest absolute Gasteiger partial charge is 0.262 e. The van der Waals surface area contributed by atoms with Gasteiger partial charge in [0.1, 0.15) is 17.0 Å². The second-order valence-corrected chi connectivity index (χ2v) is 7.92. The van der Waals surface area contributed by atoms with Crippen LogP contribution in [0.25, 0.3) is 21.9 Å². The van der Waals surface area contributed by atoms with Gasteiger partial charge in [-0.05, 0) is 23.8 Å². The maximum absolute atomic E-state index is 11.4. The van der Waals surface area contributed by atoms with E-state index in [9.17, 15) is 10.2 Å². The summed E-state index contributed by atoms with van der Waals surface area (Å²) in [6.45, 7) is 0.938. The molecule has 1 aliphatic heterocycles. The van der Waals surface area contributed by atoms with E-state index in [1.54, 1.807) is 18.4 Å². The number of benzene rings is 2. The molecule has 0 saturated carbocycles. The Morgan fingerprint density at radius 2 is 2.10 bits per heavy atom. The van der Waals surface area contributed by atoms with Crippen molar-refractivity contribution in [1.29, 1.82) is 0 Å². The Morgan fingerprint density at radius 3 is 2.90 bits per heavy atom. The first kappa shape index (κ1) is 20.3. The van der Waals surface area contributed by atoms with Crippen molar-refractivity contribution >= 4 is 38.9 Å². The van der Waals surface area contributed by atoms with Crippen LogP contribution in [0.1, 0.15) is 10.6 Å². The Bertz CT molecular complexity index is 1130. The summed E-state index contributed by atoms with van der Waals surface area (Å²) in [6.07, 6.45) is 10.2. The van der Waals surface area contributed by atoms with Gasteiger partial charge in [0.15, 0.2) is 0 Å². The van der Waals surface area contributed by atoms with Gasteiger partial charge in [0.05, 0.1) is 13.7 Å². The molecule has 0 atom stereocenters. The molecule has 0 unspecified atom stereocenters. The van der Waals surface area contributed by atoms with Crippen molar-refractivity contribution in [2.24, 2.45) is 0 Å². The predicted octanol–water partition coefficient (Wildman–Crippen LogP) is 2.98. The number of ether oxygens (including phenoxy) is 1. The maximum Gasteiger partial charge on any atom is 0.262 e. The third-order valence-corrected chi connectivity index (χ3v) is 6.18. The van der Waals surface area contributed by atoms with E-state index in [-0.39, 0.29) is 13.2 Å². The number of rotatable bonds is 7. The van der Waals surface area contributed by atoms with Gasteiger partial charge in [-0.2, -0.15) is 4.57 Å². The summed E-state index contributed by atoms with van der Waals surface area (Å²) < 4.78 is 8.49. The number of thiazole rings is 1. The zero-order chi connectivity index (χ0) is 20.9. The van der Waals surface area contributed by atoms with Crippen molar-refractivity contribution < 1.29 is 19.5 Å². The van der Waals surface area contributed by atoms with Gasteiger partial charge in [-0.1, -0.05) is 48.3 Å². The van der Waals surface area contributed by atoms with Crippen molar-refractivity contribution in [3.63, 3.8) is 0 Å². The fourth-order valence-corrected chi connectivity index (χ4v) is 4.78. The van der Waals surface area contributed by atoms with E-state index >= 15 is 0 Å². The maximum atomic E-state index is 11.4. The largest absolute Gasteiger partial charge is 0.850 e. The third kappa shape index (κ3) is 4.03. The fourth-order valence-electron chi connectivity index (χ4n) is 3.65. The number of aliphatic hydroxyl groups is 1. The van der Waals surface area contributed by atoms with Crippen LogP contribution in [0.4, 0.5) is 5.69 Å². The standard InChI is InChI=1S/C24H24N2O3S/c1-29-19-9-10-22-23(17-19)30-24(26(22)14-16-28)8-4-5-18-11-12-25(13-15-27)21-7-3-2-6-20(18)21/h2-12,17,27H,13-16H2,1H3. The Labute approximate surface area is 180 Å². The summed E-state index contributed by atoms with van der Waals surface area (Å²) in [7, 11) is 1.66. The summed E-state index contributed by atoms with van der Waals surface area (Å²) in [4.78, 5) is 2.05. The van der Waals surface area contributed by atoms with Gasteiger partial charge in [-0.3, -0.25) is 0 Å². The van der Waals surface area contributed by atoms with Crippen molar-refractivity contribution in [2.75, 3.05) is 31.8 Å². The molecule has 30 heavy (non-hydrogen) atoms. The van der Waals surface area contributed by atoms with Crippen LogP contribution in [0.3, 0.4) is 0 Å². The molecule has 154 valence electrons. The van der Waals surface area contributed by atoms with Gasteiger partial charge in [0.25, 0.3) is 5.01 Å². The molecule has 0 bridgehead atoms. The van der Waals surface area contributed by atoms with Crippen LogP contribution >= 0.6 is 11.3 Å². The van der Waals surface area contributed by atoms with Crippen molar-refractivity contribution in [2.45, 2.75) is 6.54 Å². The second kappa shape index (κ2) is 9.26. The minimum atomic E-state index is -0.165. The van der Waals surface area contributed by atoms with Crippen LogP contribution in [-0.2, 0) is 6.54 Å². The first-order valence-electron chi connectivity index (χ1n) is 9.87. The number of methoxy groups -OCH3 is 1. The summed E-state index contributed by atoms with van der Waals surface area (Å²) >= 11 is 1.65. The highest BCUT2D eigenvalue weighted by atomic mass is 32.1. The van der Waals surface area contributed by atoms with Crippen molar-refractivity contribution in [3.8, 4) is 5.75 Å². The van der Waals surface area contributed by atoms with E-state index in [1.807, 2.05) is 42.6 Å². The van der Waals surface area contributed by atoms with Gasteiger partial charge in [-0.25, -0.2) is 0 Å². The van der Waals surface area contributed by atoms with Gasteiger partial charge in [0.2, 0.25) is 5.52 Å². The molecule has 2 heterocycles. The highest BCUT2D eigenvalue weighted by Crippen LogP contribution is 2.32. The highest BCUT2D eigenvalue weighted by molar-refractivity contribution is 7.18. The monoisotopic (exact) mass is 420 g/mol. The number of nitrogens with zero attached hydrogens (tertiary/aromatic N) is 2. The van der Waals surface area contributed by atoms with E-state index in [1.165, 1.54) is 0 Å². The van der Waals surface area contributed by atoms with Crippen LogP contribution in [0.15, 0.2) is 66.9 Å². The molecule has 0 radical (unpaired) electrons. The molecule has 4 rings (SSSR count). The fraction of sp³-hybridized carbons (Fsp3) is 0.208. The number of anilines is 1. The number of fused-ring (bicyclic) bond motifs is 2. The summed E-state index contributed by atoms with van der Waals surface area (Å²) in [5.41, 5.74) is 4.37. The Hall–Kier alpha value is -2.93. The number of para-hydroxylation sites is 1. The molecule has 5 nitrogen and oxygen atoms in total. The molecule has 0 fully saturated rings. The molecule has 0 aliphatic carbocycles. The molecular formula is C24H24N2O3S. The zero-order valence-corrected chi connectivity index (χ0v) is 17.6. The van der Waals surface area contributed by atoms with E-state index in [0.717, 1.165) is 37.8 Å². The van der Waals surface area contributed by atoms with Crippen LogP contribution in [0, 0.1) is 0 Å². The topological polar surface area (TPSA) is 59.6 Å². The molecule has 1 N–H and O–H groups in total. The lowest BCUT2D eigenvalue weighted by Gasteiger charge is -2.26. The Kier molecular flexibility index (Phi) is 6.28. The molecule has 6 heteroatoms. The van der Waals surface area contributed by atoms with Crippen molar-refractivity contribution in [3.05, 3.63) is 77.5 Å². The minimum absolute atomic E-state index is 0.105. The van der Waals surface area contributed by atoms with Gasteiger partial charge in [0, 0.05) is 42.2 Å². The molecule has 1 aromatic heterocycles. The van der Waals surface area contributed by atoms with E-state index < -0.39 is 0 Å². The number of allylic oxidation sites excluding steroid dienone is 4. The number of β-amino-alcohol motifs (C(OH)–C–C–N with tert-alkyl or cyclic N) is 1. The summed E-state index contributed by atoms with van der Waals surface area (Å²) in [5.74, 6) is 0.812. The van der Waals surface area contributed by atoms with Crippen LogP contribution < -0.4 is 19.3 Å². The molecule has 1 aliphatic rings. The Morgan fingerprint density at radius 1 is 1.23 bits per heavy atom. The molecule has 3 aromatic rings. The lowest BCUT2D eigenvalue weighted by molar-refractivity contribution is -0.685. The van der Waals surface area contributed by atoms with Crippen LogP contribution in [-0.4, -0.2) is 32.0 Å².